The number of nitrogen functional groups attached to an aromatic ring is 1. The van der Waals surface area contributed by atoms with Crippen molar-refractivity contribution < 1.29 is 4.74 Å². The molecule has 100 valence electrons. The van der Waals surface area contributed by atoms with Gasteiger partial charge in [0.2, 0.25) is 0 Å². The van der Waals surface area contributed by atoms with Crippen LogP contribution < -0.4 is 5.73 Å². The topological polar surface area (TPSA) is 38.5 Å². The van der Waals surface area contributed by atoms with Crippen LogP contribution >= 0.6 is 0 Å². The van der Waals surface area contributed by atoms with Crippen LogP contribution in [0.5, 0.6) is 0 Å². The Bertz CT molecular complexity index is 373. The highest BCUT2D eigenvalue weighted by Gasteiger charge is 2.21. The minimum absolute atomic E-state index is 0.533. The number of rotatable bonds is 5. The lowest BCUT2D eigenvalue weighted by Gasteiger charge is -2.29. The number of hydrogen-bond acceptors (Lipinski definition) is 3. The van der Waals surface area contributed by atoms with Crippen LogP contribution in [-0.2, 0) is 11.3 Å². The SMILES string of the molecule is CC(C)N(Cc1ccccc1N)CC1CCOC1. The van der Waals surface area contributed by atoms with Crippen molar-refractivity contribution in [2.45, 2.75) is 32.9 Å². The van der Waals surface area contributed by atoms with E-state index in [1.165, 1.54) is 12.0 Å². The van der Waals surface area contributed by atoms with Gasteiger partial charge < -0.3 is 10.5 Å². The van der Waals surface area contributed by atoms with Gasteiger partial charge in [0.05, 0.1) is 6.61 Å². The first-order chi connectivity index (χ1) is 8.66. The smallest absolute Gasteiger partial charge is 0.0507 e. The van der Waals surface area contributed by atoms with E-state index in [9.17, 15) is 0 Å². The average Bonchev–Trinajstić information content (AvgIpc) is 2.83. The molecule has 0 aromatic heterocycles. The Morgan fingerprint density at radius 3 is 2.78 bits per heavy atom. The molecule has 1 fully saturated rings. The molecule has 3 nitrogen and oxygen atoms in total. The number of ether oxygens (including phenoxy) is 1. The largest absolute Gasteiger partial charge is 0.398 e. The fraction of sp³-hybridized carbons (Fsp3) is 0.600. The summed E-state index contributed by atoms with van der Waals surface area (Å²) in [6.45, 7) is 8.36. The molecular weight excluding hydrogens is 224 g/mol. The van der Waals surface area contributed by atoms with E-state index < -0.39 is 0 Å². The van der Waals surface area contributed by atoms with Crippen molar-refractivity contribution in [2.24, 2.45) is 5.92 Å². The predicted molar refractivity (Wildman–Crippen MR) is 75.3 cm³/mol. The van der Waals surface area contributed by atoms with Gasteiger partial charge in [-0.25, -0.2) is 0 Å². The zero-order chi connectivity index (χ0) is 13.0. The maximum absolute atomic E-state index is 6.03. The lowest BCUT2D eigenvalue weighted by Crippen LogP contribution is -2.35. The second-order valence-corrected chi connectivity index (χ2v) is 5.45. The summed E-state index contributed by atoms with van der Waals surface area (Å²) in [5.41, 5.74) is 8.15. The Kier molecular flexibility index (Phi) is 4.61. The fourth-order valence-electron chi connectivity index (χ4n) is 2.41. The molecule has 1 heterocycles. The third-order valence-electron chi connectivity index (χ3n) is 3.68. The normalized spacial score (nSPS) is 19.9. The van der Waals surface area contributed by atoms with E-state index in [2.05, 4.69) is 30.9 Å². The molecule has 1 aliphatic heterocycles. The van der Waals surface area contributed by atoms with Gasteiger partial charge in [-0.3, -0.25) is 4.90 Å². The van der Waals surface area contributed by atoms with Crippen LogP contribution in [0, 0.1) is 5.92 Å². The molecule has 1 saturated heterocycles. The zero-order valence-corrected chi connectivity index (χ0v) is 11.4. The predicted octanol–water partition coefficient (Wildman–Crippen LogP) is 2.52. The third kappa shape index (κ3) is 3.47. The van der Waals surface area contributed by atoms with Crippen LogP contribution in [0.3, 0.4) is 0 Å². The van der Waals surface area contributed by atoms with Gasteiger partial charge >= 0.3 is 0 Å². The molecule has 18 heavy (non-hydrogen) atoms. The molecule has 2 rings (SSSR count). The summed E-state index contributed by atoms with van der Waals surface area (Å²) in [4.78, 5) is 2.49. The molecule has 0 saturated carbocycles. The van der Waals surface area contributed by atoms with E-state index in [-0.39, 0.29) is 0 Å². The van der Waals surface area contributed by atoms with Crippen molar-refractivity contribution in [3.63, 3.8) is 0 Å². The molecule has 1 aromatic rings. The van der Waals surface area contributed by atoms with Crippen LogP contribution in [0.2, 0.25) is 0 Å². The van der Waals surface area contributed by atoms with Crippen LogP contribution in [0.4, 0.5) is 5.69 Å². The molecule has 2 N–H and O–H groups in total. The van der Waals surface area contributed by atoms with Gasteiger partial charge in [0.25, 0.3) is 0 Å². The molecule has 0 radical (unpaired) electrons. The highest BCUT2D eigenvalue weighted by Crippen LogP contribution is 2.19. The summed E-state index contributed by atoms with van der Waals surface area (Å²) in [5.74, 6) is 0.678. The monoisotopic (exact) mass is 248 g/mol. The van der Waals surface area contributed by atoms with E-state index in [0.29, 0.717) is 12.0 Å². The van der Waals surface area contributed by atoms with Gasteiger partial charge in [0.1, 0.15) is 0 Å². The van der Waals surface area contributed by atoms with Crippen molar-refractivity contribution >= 4 is 5.69 Å². The summed E-state index contributed by atoms with van der Waals surface area (Å²) in [7, 11) is 0. The minimum atomic E-state index is 0.533. The van der Waals surface area contributed by atoms with Gasteiger partial charge in [-0.05, 0) is 37.8 Å². The Morgan fingerprint density at radius 1 is 1.39 bits per heavy atom. The molecule has 3 heteroatoms. The van der Waals surface area contributed by atoms with Crippen molar-refractivity contribution in [3.05, 3.63) is 29.8 Å². The number of benzene rings is 1. The zero-order valence-electron chi connectivity index (χ0n) is 11.4. The highest BCUT2D eigenvalue weighted by molar-refractivity contribution is 5.46. The molecule has 0 bridgehead atoms. The number of para-hydroxylation sites is 1. The number of nitrogens with zero attached hydrogens (tertiary/aromatic N) is 1. The Balaban J connectivity index is 1.99. The lowest BCUT2D eigenvalue weighted by atomic mass is 10.1. The Hall–Kier alpha value is -1.06. The van der Waals surface area contributed by atoms with Crippen molar-refractivity contribution in [2.75, 3.05) is 25.5 Å². The highest BCUT2D eigenvalue weighted by atomic mass is 16.5. The summed E-state index contributed by atoms with van der Waals surface area (Å²) < 4.78 is 5.46. The van der Waals surface area contributed by atoms with Gasteiger partial charge in [-0.2, -0.15) is 0 Å². The number of hydrogen-bond donors (Lipinski definition) is 1. The molecule has 0 aliphatic carbocycles. The Morgan fingerprint density at radius 2 is 2.17 bits per heavy atom. The fourth-order valence-corrected chi connectivity index (χ4v) is 2.41. The molecular formula is C15H24N2O. The van der Waals surface area contributed by atoms with Gasteiger partial charge in [-0.15, -0.1) is 0 Å². The van der Waals surface area contributed by atoms with Crippen molar-refractivity contribution in [1.82, 2.24) is 4.90 Å². The first-order valence-electron chi connectivity index (χ1n) is 6.82. The summed E-state index contributed by atoms with van der Waals surface area (Å²) in [6.07, 6.45) is 1.19. The quantitative estimate of drug-likeness (QED) is 0.814. The second-order valence-electron chi connectivity index (χ2n) is 5.45. The van der Waals surface area contributed by atoms with Crippen LogP contribution in [-0.4, -0.2) is 30.7 Å². The number of anilines is 1. The van der Waals surface area contributed by atoms with E-state index in [0.717, 1.165) is 32.0 Å². The molecule has 0 spiro atoms. The lowest BCUT2D eigenvalue weighted by molar-refractivity contribution is 0.148. The Labute approximate surface area is 110 Å². The third-order valence-corrected chi connectivity index (χ3v) is 3.68. The van der Waals surface area contributed by atoms with Gasteiger partial charge in [0.15, 0.2) is 0 Å². The van der Waals surface area contributed by atoms with E-state index in [4.69, 9.17) is 10.5 Å². The van der Waals surface area contributed by atoms with Crippen molar-refractivity contribution in [1.29, 1.82) is 0 Å². The van der Waals surface area contributed by atoms with Gasteiger partial charge in [-0.1, -0.05) is 18.2 Å². The first kappa shape index (κ1) is 13.4. The maximum atomic E-state index is 6.03. The van der Waals surface area contributed by atoms with E-state index in [1.807, 2.05) is 12.1 Å². The second kappa shape index (κ2) is 6.21. The standard InChI is InChI=1S/C15H24N2O/c1-12(2)17(9-13-7-8-18-11-13)10-14-5-3-4-6-15(14)16/h3-6,12-13H,7-11,16H2,1-2H3. The van der Waals surface area contributed by atoms with Gasteiger partial charge in [0, 0.05) is 31.4 Å². The first-order valence-corrected chi connectivity index (χ1v) is 6.82. The van der Waals surface area contributed by atoms with Crippen LogP contribution in [0.1, 0.15) is 25.8 Å². The van der Waals surface area contributed by atoms with Crippen molar-refractivity contribution in [3.8, 4) is 0 Å². The van der Waals surface area contributed by atoms with E-state index >= 15 is 0 Å². The molecule has 1 aliphatic rings. The molecule has 1 atom stereocenters. The average molecular weight is 248 g/mol. The summed E-state index contributed by atoms with van der Waals surface area (Å²) in [5, 5.41) is 0. The number of nitrogens with two attached hydrogens (primary N) is 1. The molecule has 0 amide bonds. The summed E-state index contributed by atoms with van der Waals surface area (Å²) >= 11 is 0. The minimum Gasteiger partial charge on any atom is -0.398 e. The van der Waals surface area contributed by atoms with E-state index in [1.54, 1.807) is 0 Å². The van der Waals surface area contributed by atoms with Crippen LogP contribution in [0.25, 0.3) is 0 Å². The van der Waals surface area contributed by atoms with Crippen LogP contribution in [0.15, 0.2) is 24.3 Å². The molecule has 1 aromatic carbocycles. The molecule has 1 unspecified atom stereocenters. The maximum Gasteiger partial charge on any atom is 0.0507 e. The summed E-state index contributed by atoms with van der Waals surface area (Å²) in [6, 6.07) is 8.68.